The summed E-state index contributed by atoms with van der Waals surface area (Å²) in [6.45, 7) is 9.68. The number of hydrogen-bond acceptors (Lipinski definition) is 5. The van der Waals surface area contributed by atoms with Gasteiger partial charge in [0.2, 0.25) is 5.91 Å². The van der Waals surface area contributed by atoms with Crippen molar-refractivity contribution >= 4 is 42.4 Å². The molecule has 2 aromatic carbocycles. The predicted octanol–water partition coefficient (Wildman–Crippen LogP) is 4.06. The Morgan fingerprint density at radius 2 is 2.05 bits per heavy atom. The molecule has 0 bridgehead atoms. The van der Waals surface area contributed by atoms with Crippen LogP contribution in [0.25, 0.3) is 10.9 Å². The second kappa shape index (κ2) is 9.81. The van der Waals surface area contributed by atoms with Crippen LogP contribution in [0, 0.1) is 5.92 Å². The molecule has 1 spiro atoms. The first-order valence-corrected chi connectivity index (χ1v) is 16.1. The fourth-order valence-corrected chi connectivity index (χ4v) is 9.12. The largest absolute Gasteiger partial charge is 0.432 e. The van der Waals surface area contributed by atoms with Gasteiger partial charge in [-0.25, -0.2) is 0 Å². The topological polar surface area (TPSA) is 115 Å². The molecule has 2 aliphatic heterocycles. The molecule has 1 aromatic heterocycles. The lowest BCUT2D eigenvalue weighted by Crippen LogP contribution is -2.46. The third kappa shape index (κ3) is 4.19. The number of amides is 2. The molecular weight excluding hydrogens is 498 g/mol. The van der Waals surface area contributed by atoms with E-state index in [4.69, 9.17) is 4.74 Å². The average molecular weight is 534 g/mol. The minimum Gasteiger partial charge on any atom is -0.432 e. The highest BCUT2D eigenvalue weighted by atomic mass is 28.4. The van der Waals surface area contributed by atoms with E-state index in [0.29, 0.717) is 29.9 Å². The van der Waals surface area contributed by atoms with Gasteiger partial charge in [0.1, 0.15) is 0 Å². The van der Waals surface area contributed by atoms with Crippen LogP contribution in [0.15, 0.2) is 61.3 Å². The summed E-state index contributed by atoms with van der Waals surface area (Å²) in [4.78, 5) is 43.1. The van der Waals surface area contributed by atoms with Gasteiger partial charge in [0.05, 0.1) is 18.2 Å². The lowest BCUT2D eigenvalue weighted by Gasteiger charge is -2.32. The van der Waals surface area contributed by atoms with Crippen molar-refractivity contribution in [1.29, 1.82) is 0 Å². The van der Waals surface area contributed by atoms with Gasteiger partial charge in [-0.1, -0.05) is 31.2 Å². The van der Waals surface area contributed by atoms with E-state index in [9.17, 15) is 19.5 Å². The van der Waals surface area contributed by atoms with Crippen LogP contribution in [0.1, 0.15) is 24.5 Å². The molecule has 4 atom stereocenters. The Morgan fingerprint density at radius 1 is 1.29 bits per heavy atom. The Hall–Kier alpha value is -3.24. The van der Waals surface area contributed by atoms with Gasteiger partial charge < -0.3 is 29.8 Å². The Bertz CT molecular complexity index is 1400. The van der Waals surface area contributed by atoms with Crippen molar-refractivity contribution in [2.45, 2.75) is 50.1 Å². The highest BCUT2D eigenvalue weighted by Crippen LogP contribution is 2.59. The molecule has 1 fully saturated rings. The number of aromatic nitrogens is 1. The zero-order valence-electron chi connectivity index (χ0n) is 22.0. The molecule has 8 nitrogen and oxygen atoms in total. The molecule has 2 aliphatic rings. The number of anilines is 2. The van der Waals surface area contributed by atoms with Crippen LogP contribution in [0.5, 0.6) is 0 Å². The normalized spacial score (nSPS) is 24.8. The minimum absolute atomic E-state index is 0.101. The number of rotatable bonds is 8. The van der Waals surface area contributed by atoms with Crippen molar-refractivity contribution < 1.29 is 24.2 Å². The number of nitrogens with one attached hydrogen (secondary N) is 2. The standard InChI is InChI=1S/C29H35N3O5Si/c1-5-13-32-24-11-10-20(31-26(34)15-19-17-30-23-9-7-6-8-21(19)23)16-22(24)29(28(32)35)18(2)27(38(3,4)36)25(37-29)12-14-33/h5-11,16-18,25,27,30,33,36H,1,12-15H2,2-4H3,(H,31,34)/t18-,25+,27-,29+/m0/s1. The third-order valence-electron chi connectivity index (χ3n) is 8.02. The fraction of sp³-hybridized carbons (Fsp3) is 0.379. The van der Waals surface area contributed by atoms with Crippen LogP contribution < -0.4 is 10.2 Å². The maximum Gasteiger partial charge on any atom is 0.264 e. The summed E-state index contributed by atoms with van der Waals surface area (Å²) in [5.41, 5.74) is 2.26. The molecule has 9 heteroatoms. The summed E-state index contributed by atoms with van der Waals surface area (Å²) < 4.78 is 6.58. The maximum absolute atomic E-state index is 14.0. The Balaban J connectivity index is 1.50. The summed E-state index contributed by atoms with van der Waals surface area (Å²) >= 11 is 0. The number of H-pyrrole nitrogens is 1. The number of carbonyl (C=O) groups is 2. The summed E-state index contributed by atoms with van der Waals surface area (Å²) in [6, 6.07) is 13.3. The zero-order chi connectivity index (χ0) is 27.2. The van der Waals surface area contributed by atoms with Gasteiger partial charge in [0.15, 0.2) is 13.9 Å². The van der Waals surface area contributed by atoms with Crippen molar-refractivity contribution in [3.8, 4) is 0 Å². The Kier molecular flexibility index (Phi) is 6.81. The van der Waals surface area contributed by atoms with Gasteiger partial charge in [-0.3, -0.25) is 9.59 Å². The Morgan fingerprint density at radius 3 is 2.76 bits per heavy atom. The quantitative estimate of drug-likeness (QED) is 0.258. The number of fused-ring (bicyclic) bond motifs is 3. The lowest BCUT2D eigenvalue weighted by molar-refractivity contribution is -0.146. The molecule has 2 amide bonds. The molecule has 4 N–H and O–H groups in total. The first-order chi connectivity index (χ1) is 18.1. The van der Waals surface area contributed by atoms with Crippen LogP contribution >= 0.6 is 0 Å². The van der Waals surface area contributed by atoms with E-state index in [-0.39, 0.29) is 36.3 Å². The third-order valence-corrected chi connectivity index (χ3v) is 10.5. The molecule has 0 radical (unpaired) electrons. The number of aliphatic hydroxyl groups is 1. The summed E-state index contributed by atoms with van der Waals surface area (Å²) in [6.07, 6.45) is 3.60. The van der Waals surface area contributed by atoms with Gasteiger partial charge in [-0.15, -0.1) is 6.58 Å². The molecule has 1 saturated heterocycles. The second-order valence-corrected chi connectivity index (χ2v) is 14.9. The van der Waals surface area contributed by atoms with Crippen molar-refractivity contribution in [3.05, 3.63) is 72.4 Å². The zero-order valence-corrected chi connectivity index (χ0v) is 23.0. The Labute approximate surface area is 223 Å². The van der Waals surface area contributed by atoms with Crippen molar-refractivity contribution in [3.63, 3.8) is 0 Å². The van der Waals surface area contributed by atoms with Gasteiger partial charge in [0, 0.05) is 53.0 Å². The van der Waals surface area contributed by atoms with E-state index in [1.165, 1.54) is 0 Å². The van der Waals surface area contributed by atoms with Gasteiger partial charge in [0.25, 0.3) is 5.91 Å². The van der Waals surface area contributed by atoms with Crippen molar-refractivity contribution in [2.24, 2.45) is 5.92 Å². The number of para-hydroxylation sites is 1. The number of nitrogens with zero attached hydrogens (tertiary/aromatic N) is 1. The van der Waals surface area contributed by atoms with Crippen LogP contribution in [-0.2, 0) is 26.3 Å². The second-order valence-electron chi connectivity index (χ2n) is 10.9. The van der Waals surface area contributed by atoms with Gasteiger partial charge >= 0.3 is 0 Å². The monoisotopic (exact) mass is 533 g/mol. The number of ether oxygens (including phenoxy) is 1. The van der Waals surface area contributed by atoms with Crippen LogP contribution in [0.3, 0.4) is 0 Å². The first kappa shape index (κ1) is 26.4. The predicted molar refractivity (Wildman–Crippen MR) is 150 cm³/mol. The molecular formula is C29H35N3O5Si. The highest BCUT2D eigenvalue weighted by molar-refractivity contribution is 6.71. The molecule has 0 unspecified atom stereocenters. The van der Waals surface area contributed by atoms with Gasteiger partial charge in [-0.2, -0.15) is 0 Å². The summed E-state index contributed by atoms with van der Waals surface area (Å²) in [7, 11) is -2.77. The first-order valence-electron chi connectivity index (χ1n) is 13.0. The van der Waals surface area contributed by atoms with E-state index < -0.39 is 20.0 Å². The van der Waals surface area contributed by atoms with Crippen molar-refractivity contribution in [2.75, 3.05) is 23.4 Å². The SMILES string of the molecule is C=CCN1C(=O)[C@]2(O[C@H](CCO)[C@@H]([Si](C)(C)O)[C@@H]2C)c2cc(NC(=O)Cc3c[nH]c4ccccc34)ccc21. The van der Waals surface area contributed by atoms with Gasteiger partial charge in [-0.05, 0) is 49.3 Å². The number of hydrogen-bond donors (Lipinski definition) is 4. The lowest BCUT2D eigenvalue weighted by atomic mass is 9.82. The molecule has 38 heavy (non-hydrogen) atoms. The molecule has 0 saturated carbocycles. The highest BCUT2D eigenvalue weighted by Gasteiger charge is 2.66. The van der Waals surface area contributed by atoms with Crippen LogP contribution in [-0.4, -0.2) is 54.3 Å². The van der Waals surface area contributed by atoms with E-state index in [2.05, 4.69) is 16.9 Å². The van der Waals surface area contributed by atoms with E-state index in [0.717, 1.165) is 16.5 Å². The molecule has 3 aromatic rings. The maximum atomic E-state index is 14.0. The minimum atomic E-state index is -2.77. The molecule has 5 rings (SSSR count). The molecule has 200 valence electrons. The van der Waals surface area contributed by atoms with E-state index >= 15 is 0 Å². The smallest absolute Gasteiger partial charge is 0.264 e. The van der Waals surface area contributed by atoms with Crippen molar-refractivity contribution in [1.82, 2.24) is 4.98 Å². The van der Waals surface area contributed by atoms with Crippen LogP contribution in [0.2, 0.25) is 18.6 Å². The van der Waals surface area contributed by atoms with Crippen LogP contribution in [0.4, 0.5) is 11.4 Å². The average Bonchev–Trinajstić information content (AvgIpc) is 3.47. The van der Waals surface area contributed by atoms with E-state index in [1.807, 2.05) is 62.6 Å². The summed E-state index contributed by atoms with van der Waals surface area (Å²) in [5.74, 6) is -0.703. The number of benzene rings is 2. The van der Waals surface area contributed by atoms with E-state index in [1.54, 1.807) is 17.0 Å². The fourth-order valence-electron chi connectivity index (χ4n) is 6.52. The molecule has 3 heterocycles. The number of aromatic amines is 1. The number of carbonyl (C=O) groups excluding carboxylic acids is 2. The molecule has 0 aliphatic carbocycles. The number of aliphatic hydroxyl groups excluding tert-OH is 1. The summed E-state index contributed by atoms with van der Waals surface area (Å²) in [5, 5.41) is 13.7.